The van der Waals surface area contributed by atoms with Crippen LogP contribution >= 0.6 is 15.9 Å². The van der Waals surface area contributed by atoms with Gasteiger partial charge in [0.05, 0.1) is 37.9 Å². The molecule has 0 radical (unpaired) electrons. The zero-order valence-corrected chi connectivity index (χ0v) is 12.2. The monoisotopic (exact) mass is 323 g/mol. The molecular weight excluding hydrogens is 310 g/mol. The molecule has 0 saturated heterocycles. The van der Waals surface area contributed by atoms with Crippen LogP contribution < -0.4 is 4.74 Å². The van der Waals surface area contributed by atoms with Gasteiger partial charge in [0.1, 0.15) is 4.60 Å². The van der Waals surface area contributed by atoms with Crippen molar-refractivity contribution in [3.8, 4) is 11.6 Å². The van der Waals surface area contributed by atoms with E-state index in [-0.39, 0.29) is 0 Å². The largest absolute Gasteiger partial charge is 0.481 e. The van der Waals surface area contributed by atoms with Gasteiger partial charge in [0.15, 0.2) is 0 Å². The number of rotatable bonds is 2. The van der Waals surface area contributed by atoms with Crippen molar-refractivity contribution in [2.24, 2.45) is 0 Å². The molecular formula is C13H14BrN3O2. The third kappa shape index (κ3) is 2.37. The molecule has 2 aromatic rings. The number of nitrogens with zero attached hydrogens (tertiary/aromatic N) is 3. The molecule has 19 heavy (non-hydrogen) atoms. The number of pyridine rings is 1. The van der Waals surface area contributed by atoms with E-state index in [9.17, 15) is 0 Å². The fourth-order valence-electron chi connectivity index (χ4n) is 2.24. The number of hydrogen-bond acceptors (Lipinski definition) is 4. The van der Waals surface area contributed by atoms with Crippen molar-refractivity contribution in [3.05, 3.63) is 34.2 Å². The molecule has 0 aliphatic carbocycles. The molecule has 100 valence electrons. The van der Waals surface area contributed by atoms with Crippen LogP contribution in [0.5, 0.6) is 5.88 Å². The van der Waals surface area contributed by atoms with Crippen LogP contribution in [0.3, 0.4) is 0 Å². The van der Waals surface area contributed by atoms with E-state index in [0.29, 0.717) is 5.88 Å². The van der Waals surface area contributed by atoms with Gasteiger partial charge in [-0.1, -0.05) is 0 Å². The van der Waals surface area contributed by atoms with Gasteiger partial charge in [0.25, 0.3) is 0 Å². The summed E-state index contributed by atoms with van der Waals surface area (Å²) in [6.07, 6.45) is 3.52. The highest BCUT2D eigenvalue weighted by atomic mass is 79.9. The number of fused-ring (bicyclic) bond motifs is 1. The summed E-state index contributed by atoms with van der Waals surface area (Å²) in [6.45, 7) is 1.48. The Morgan fingerprint density at radius 1 is 1.32 bits per heavy atom. The third-order valence-electron chi connectivity index (χ3n) is 3.19. The Labute approximate surface area is 119 Å². The first-order valence-corrected chi connectivity index (χ1v) is 6.93. The average Bonchev–Trinajstić information content (AvgIpc) is 2.65. The molecule has 0 bridgehead atoms. The van der Waals surface area contributed by atoms with Crippen molar-refractivity contribution in [3.63, 3.8) is 0 Å². The summed E-state index contributed by atoms with van der Waals surface area (Å²) in [7, 11) is 1.61. The summed E-state index contributed by atoms with van der Waals surface area (Å²) in [4.78, 5) is 4.23. The molecule has 6 heteroatoms. The van der Waals surface area contributed by atoms with E-state index in [1.807, 2.05) is 16.8 Å². The van der Waals surface area contributed by atoms with Gasteiger partial charge in [-0.3, -0.25) is 0 Å². The lowest BCUT2D eigenvalue weighted by Gasteiger charge is -2.07. The second-order valence-electron chi connectivity index (χ2n) is 4.30. The van der Waals surface area contributed by atoms with Gasteiger partial charge in [0.2, 0.25) is 5.88 Å². The van der Waals surface area contributed by atoms with E-state index < -0.39 is 0 Å². The maximum absolute atomic E-state index is 5.52. The summed E-state index contributed by atoms with van der Waals surface area (Å²) in [5, 5.41) is 4.56. The molecule has 0 unspecified atom stereocenters. The van der Waals surface area contributed by atoms with Gasteiger partial charge >= 0.3 is 0 Å². The normalized spacial score (nSPS) is 14.8. The van der Waals surface area contributed by atoms with Crippen molar-refractivity contribution in [1.29, 1.82) is 0 Å². The summed E-state index contributed by atoms with van der Waals surface area (Å²) < 4.78 is 13.4. The van der Waals surface area contributed by atoms with E-state index >= 15 is 0 Å². The second-order valence-corrected chi connectivity index (χ2v) is 5.05. The van der Waals surface area contributed by atoms with E-state index in [1.54, 1.807) is 13.3 Å². The smallest absolute Gasteiger partial charge is 0.213 e. The molecule has 3 heterocycles. The predicted octanol–water partition coefficient (Wildman–Crippen LogP) is 2.15. The van der Waals surface area contributed by atoms with Gasteiger partial charge in [-0.15, -0.1) is 0 Å². The van der Waals surface area contributed by atoms with Crippen LogP contribution in [-0.4, -0.2) is 35.1 Å². The third-order valence-corrected chi connectivity index (χ3v) is 3.83. The van der Waals surface area contributed by atoms with Gasteiger partial charge in [0, 0.05) is 24.5 Å². The van der Waals surface area contributed by atoms with E-state index in [1.165, 1.54) is 11.3 Å². The first kappa shape index (κ1) is 12.6. The van der Waals surface area contributed by atoms with E-state index in [0.717, 1.165) is 36.3 Å². The maximum Gasteiger partial charge on any atom is 0.213 e. The maximum atomic E-state index is 5.52. The fraction of sp³-hybridized carbons (Fsp3) is 0.385. The summed E-state index contributed by atoms with van der Waals surface area (Å²) >= 11 is 3.53. The minimum atomic E-state index is 0.601. The lowest BCUT2D eigenvalue weighted by Crippen LogP contribution is -2.05. The number of ether oxygens (including phenoxy) is 2. The highest BCUT2D eigenvalue weighted by Gasteiger charge is 2.19. The molecule has 1 aliphatic heterocycles. The Morgan fingerprint density at radius 3 is 2.89 bits per heavy atom. The molecule has 3 rings (SSSR count). The number of aromatic nitrogens is 3. The summed E-state index contributed by atoms with van der Waals surface area (Å²) in [5.41, 5.74) is 3.36. The Morgan fingerprint density at radius 2 is 2.16 bits per heavy atom. The molecule has 2 aromatic heterocycles. The zero-order chi connectivity index (χ0) is 13.2. The van der Waals surface area contributed by atoms with Crippen LogP contribution in [-0.2, 0) is 17.6 Å². The van der Waals surface area contributed by atoms with Crippen LogP contribution in [0.2, 0.25) is 0 Å². The summed E-state index contributed by atoms with van der Waals surface area (Å²) in [6, 6.07) is 3.79. The van der Waals surface area contributed by atoms with Gasteiger partial charge in [-0.2, -0.15) is 5.10 Å². The van der Waals surface area contributed by atoms with Crippen LogP contribution in [0.25, 0.3) is 5.69 Å². The molecule has 5 nitrogen and oxygen atoms in total. The van der Waals surface area contributed by atoms with Gasteiger partial charge in [-0.05, 0) is 22.0 Å². The van der Waals surface area contributed by atoms with E-state index in [4.69, 9.17) is 9.47 Å². The van der Waals surface area contributed by atoms with Gasteiger partial charge in [-0.25, -0.2) is 9.67 Å². The first-order valence-electron chi connectivity index (χ1n) is 6.14. The van der Waals surface area contributed by atoms with Crippen molar-refractivity contribution >= 4 is 15.9 Å². The lowest BCUT2D eigenvalue weighted by molar-refractivity contribution is 0.145. The Hall–Kier alpha value is -1.40. The first-order chi connectivity index (χ1) is 9.29. The zero-order valence-electron chi connectivity index (χ0n) is 10.6. The highest BCUT2D eigenvalue weighted by molar-refractivity contribution is 9.10. The Balaban J connectivity index is 2.04. The molecule has 0 fully saturated rings. The number of methoxy groups -OCH3 is 1. The molecule has 0 spiro atoms. The quantitative estimate of drug-likeness (QED) is 0.849. The minimum Gasteiger partial charge on any atom is -0.481 e. The Kier molecular flexibility index (Phi) is 3.52. The molecule has 0 amide bonds. The molecule has 0 aromatic carbocycles. The molecule has 1 aliphatic rings. The van der Waals surface area contributed by atoms with Gasteiger partial charge < -0.3 is 9.47 Å². The SMILES string of the molecule is COc1ccc(-n2nc(Br)c3c2CCOCC3)cn1. The van der Waals surface area contributed by atoms with Crippen molar-refractivity contribution in [2.45, 2.75) is 12.8 Å². The van der Waals surface area contributed by atoms with Crippen LogP contribution in [0, 0.1) is 0 Å². The predicted molar refractivity (Wildman–Crippen MR) is 73.8 cm³/mol. The van der Waals surface area contributed by atoms with Crippen LogP contribution in [0.1, 0.15) is 11.3 Å². The van der Waals surface area contributed by atoms with E-state index in [2.05, 4.69) is 26.0 Å². The minimum absolute atomic E-state index is 0.601. The molecule has 0 saturated carbocycles. The Bertz CT molecular complexity index is 580. The van der Waals surface area contributed by atoms with Crippen molar-refractivity contribution in [1.82, 2.24) is 14.8 Å². The lowest BCUT2D eigenvalue weighted by atomic mass is 10.1. The van der Waals surface area contributed by atoms with Crippen molar-refractivity contribution in [2.75, 3.05) is 20.3 Å². The standard InChI is InChI=1S/C13H14BrN3O2/c1-18-12-3-2-9(8-15-12)17-11-5-7-19-6-4-10(11)13(14)16-17/h2-3,8H,4-7H2,1H3. The van der Waals surface area contributed by atoms with Crippen molar-refractivity contribution < 1.29 is 9.47 Å². The molecule has 0 N–H and O–H groups in total. The van der Waals surface area contributed by atoms with Crippen LogP contribution in [0.4, 0.5) is 0 Å². The average molecular weight is 324 g/mol. The summed E-state index contributed by atoms with van der Waals surface area (Å²) in [5.74, 6) is 0.601. The number of halogens is 1. The second kappa shape index (κ2) is 5.30. The fourth-order valence-corrected chi connectivity index (χ4v) is 2.82. The number of hydrogen-bond donors (Lipinski definition) is 0. The topological polar surface area (TPSA) is 49.2 Å². The molecule has 0 atom stereocenters. The highest BCUT2D eigenvalue weighted by Crippen LogP contribution is 2.26. The van der Waals surface area contributed by atoms with Crippen LogP contribution in [0.15, 0.2) is 22.9 Å².